The van der Waals surface area contributed by atoms with Crippen LogP contribution >= 0.6 is 0 Å². The van der Waals surface area contributed by atoms with E-state index in [1.807, 2.05) is 0 Å². The van der Waals surface area contributed by atoms with Gasteiger partial charge in [-0.05, 0) is 30.2 Å². The van der Waals surface area contributed by atoms with E-state index in [0.29, 0.717) is 12.0 Å². The zero-order valence-electron chi connectivity index (χ0n) is 12.8. The summed E-state index contributed by atoms with van der Waals surface area (Å²) < 4.78 is 62.8. The van der Waals surface area contributed by atoms with Crippen LogP contribution in [-0.4, -0.2) is 50.2 Å². The molecular formula is C15H16F3NO4S. The molecule has 0 saturated carbocycles. The maximum absolute atomic E-state index is 12.1. The summed E-state index contributed by atoms with van der Waals surface area (Å²) >= 11 is 0. The molecule has 1 aliphatic rings. The highest BCUT2D eigenvalue weighted by atomic mass is 32.2. The summed E-state index contributed by atoms with van der Waals surface area (Å²) in [5.41, 5.74) is 0.519. The smallest absolute Gasteiger partial charge is 0.406 e. The Kier molecular flexibility index (Phi) is 5.22. The van der Waals surface area contributed by atoms with E-state index in [1.165, 1.54) is 36.2 Å². The van der Waals surface area contributed by atoms with Crippen molar-refractivity contribution in [2.75, 3.05) is 18.6 Å². The molecule has 1 heterocycles. The third kappa shape index (κ3) is 5.26. The number of alkyl halides is 3. The summed E-state index contributed by atoms with van der Waals surface area (Å²) in [5.74, 6) is -0.696. The fraction of sp³-hybridized carbons (Fsp3) is 0.400. The van der Waals surface area contributed by atoms with Crippen molar-refractivity contribution in [2.45, 2.75) is 18.8 Å². The van der Waals surface area contributed by atoms with Gasteiger partial charge in [0, 0.05) is 19.2 Å². The van der Waals surface area contributed by atoms with Crippen LogP contribution in [0.2, 0.25) is 0 Å². The molecule has 1 amide bonds. The van der Waals surface area contributed by atoms with E-state index < -0.39 is 16.2 Å². The number of rotatable bonds is 4. The molecule has 0 N–H and O–H groups in total. The fourth-order valence-corrected chi connectivity index (χ4v) is 4.10. The minimum absolute atomic E-state index is 0.0490. The summed E-state index contributed by atoms with van der Waals surface area (Å²) in [6.45, 7) is 0. The number of amides is 1. The van der Waals surface area contributed by atoms with Crippen LogP contribution in [0.3, 0.4) is 0 Å². The summed E-state index contributed by atoms with van der Waals surface area (Å²) in [5, 5.41) is 0. The second kappa shape index (κ2) is 6.84. The van der Waals surface area contributed by atoms with Gasteiger partial charge in [-0.2, -0.15) is 0 Å². The molecule has 0 spiro atoms. The molecule has 0 radical (unpaired) electrons. The Morgan fingerprint density at radius 1 is 1.29 bits per heavy atom. The normalized spacial score (nSPS) is 20.2. The predicted octanol–water partition coefficient (Wildman–Crippen LogP) is 2.24. The molecule has 0 bridgehead atoms. The van der Waals surface area contributed by atoms with Crippen LogP contribution in [0.15, 0.2) is 30.3 Å². The van der Waals surface area contributed by atoms with E-state index in [4.69, 9.17) is 0 Å². The SMILES string of the molecule is CN(C(=O)/C=C\c1ccc(OC(F)(F)F)cc1)[C@H]1CCS(=O)(=O)C1. The average Bonchev–Trinajstić information content (AvgIpc) is 2.84. The summed E-state index contributed by atoms with van der Waals surface area (Å²) in [4.78, 5) is 13.4. The lowest BCUT2D eigenvalue weighted by atomic mass is 10.2. The highest BCUT2D eigenvalue weighted by Gasteiger charge is 2.32. The van der Waals surface area contributed by atoms with Gasteiger partial charge >= 0.3 is 6.36 Å². The van der Waals surface area contributed by atoms with Gasteiger partial charge in [-0.15, -0.1) is 13.2 Å². The van der Waals surface area contributed by atoms with Gasteiger partial charge in [-0.1, -0.05) is 12.1 Å². The Balaban J connectivity index is 1.96. The molecule has 1 fully saturated rings. The van der Waals surface area contributed by atoms with Crippen LogP contribution in [0.5, 0.6) is 5.75 Å². The molecule has 1 aromatic carbocycles. The first-order valence-electron chi connectivity index (χ1n) is 7.07. The van der Waals surface area contributed by atoms with Crippen LogP contribution in [0, 0.1) is 0 Å². The van der Waals surface area contributed by atoms with E-state index in [0.717, 1.165) is 12.1 Å². The molecule has 1 saturated heterocycles. The van der Waals surface area contributed by atoms with Gasteiger partial charge in [0.05, 0.1) is 11.5 Å². The first kappa shape index (κ1) is 18.3. The van der Waals surface area contributed by atoms with Gasteiger partial charge in [0.25, 0.3) is 0 Å². The van der Waals surface area contributed by atoms with Gasteiger partial charge < -0.3 is 9.64 Å². The third-order valence-corrected chi connectivity index (χ3v) is 5.39. The van der Waals surface area contributed by atoms with E-state index in [-0.39, 0.29) is 29.2 Å². The summed E-state index contributed by atoms with van der Waals surface area (Å²) in [7, 11) is -1.56. The molecule has 1 aromatic rings. The second-order valence-electron chi connectivity index (χ2n) is 5.46. The van der Waals surface area contributed by atoms with Gasteiger partial charge in [-0.3, -0.25) is 4.79 Å². The van der Waals surface area contributed by atoms with Crippen molar-refractivity contribution in [3.05, 3.63) is 35.9 Å². The van der Waals surface area contributed by atoms with Gasteiger partial charge in [-0.25, -0.2) is 8.42 Å². The molecule has 1 aliphatic heterocycles. The van der Waals surface area contributed by atoms with Crippen molar-refractivity contribution in [2.24, 2.45) is 0 Å². The number of halogens is 3. The van der Waals surface area contributed by atoms with E-state index in [1.54, 1.807) is 0 Å². The van der Waals surface area contributed by atoms with E-state index in [9.17, 15) is 26.4 Å². The Labute approximate surface area is 137 Å². The van der Waals surface area contributed by atoms with Crippen LogP contribution in [-0.2, 0) is 14.6 Å². The maximum Gasteiger partial charge on any atom is 0.573 e. The Bertz CT molecular complexity index is 726. The summed E-state index contributed by atoms with van der Waals surface area (Å²) in [6, 6.07) is 4.70. The quantitative estimate of drug-likeness (QED) is 0.770. The van der Waals surface area contributed by atoms with Crippen molar-refractivity contribution >= 4 is 21.8 Å². The van der Waals surface area contributed by atoms with Gasteiger partial charge in [0.15, 0.2) is 9.84 Å². The summed E-state index contributed by atoms with van der Waals surface area (Å²) in [6.07, 6.45) is -1.65. The van der Waals surface area contributed by atoms with Crippen molar-refractivity contribution in [3.63, 3.8) is 0 Å². The zero-order chi connectivity index (χ0) is 18.0. The number of sulfone groups is 1. The third-order valence-electron chi connectivity index (χ3n) is 3.64. The number of carbonyl (C=O) groups excluding carboxylic acids is 1. The largest absolute Gasteiger partial charge is 0.573 e. The van der Waals surface area contributed by atoms with Crippen LogP contribution < -0.4 is 4.74 Å². The average molecular weight is 363 g/mol. The van der Waals surface area contributed by atoms with Crippen LogP contribution in [0.25, 0.3) is 6.08 Å². The molecule has 0 aliphatic carbocycles. The molecule has 1 atom stereocenters. The number of nitrogens with zero attached hydrogens (tertiary/aromatic N) is 1. The number of carbonyl (C=O) groups is 1. The molecule has 5 nitrogen and oxygen atoms in total. The standard InChI is InChI=1S/C15H16F3NO4S/c1-19(12-8-9-24(21,22)10-12)14(20)7-4-11-2-5-13(6-3-11)23-15(16,17)18/h2-7,12H,8-10H2,1H3/b7-4-/t12-/m0/s1. The minimum Gasteiger partial charge on any atom is -0.406 e. The molecule has 9 heteroatoms. The van der Waals surface area contributed by atoms with Gasteiger partial charge in [0.2, 0.25) is 5.91 Å². The first-order chi connectivity index (χ1) is 11.1. The zero-order valence-corrected chi connectivity index (χ0v) is 13.6. The second-order valence-corrected chi connectivity index (χ2v) is 7.68. The first-order valence-corrected chi connectivity index (χ1v) is 8.89. The van der Waals surface area contributed by atoms with Crippen LogP contribution in [0.1, 0.15) is 12.0 Å². The highest BCUT2D eigenvalue weighted by Crippen LogP contribution is 2.23. The number of hydrogen-bond donors (Lipinski definition) is 0. The Hall–Kier alpha value is -2.03. The minimum atomic E-state index is -4.75. The van der Waals surface area contributed by atoms with E-state index in [2.05, 4.69) is 4.74 Å². The van der Waals surface area contributed by atoms with Crippen molar-refractivity contribution in [1.29, 1.82) is 0 Å². The lowest BCUT2D eigenvalue weighted by Gasteiger charge is -2.21. The molecule has 132 valence electrons. The maximum atomic E-state index is 12.1. The van der Waals surface area contributed by atoms with Crippen molar-refractivity contribution < 1.29 is 31.1 Å². The lowest BCUT2D eigenvalue weighted by molar-refractivity contribution is -0.274. The topological polar surface area (TPSA) is 63.7 Å². The number of likely N-dealkylation sites (N-methyl/N-ethyl adjacent to an activating group) is 1. The van der Waals surface area contributed by atoms with Crippen molar-refractivity contribution in [3.8, 4) is 5.75 Å². The number of benzene rings is 1. The van der Waals surface area contributed by atoms with Crippen molar-refractivity contribution in [1.82, 2.24) is 4.90 Å². The molecule has 2 rings (SSSR count). The lowest BCUT2D eigenvalue weighted by Crippen LogP contribution is -2.36. The molecule has 24 heavy (non-hydrogen) atoms. The number of ether oxygens (including phenoxy) is 1. The Morgan fingerprint density at radius 2 is 1.92 bits per heavy atom. The predicted molar refractivity (Wildman–Crippen MR) is 82.0 cm³/mol. The molecule has 0 aromatic heterocycles. The van der Waals surface area contributed by atoms with Gasteiger partial charge in [0.1, 0.15) is 5.75 Å². The van der Waals surface area contributed by atoms with E-state index >= 15 is 0 Å². The molecule has 0 unspecified atom stereocenters. The highest BCUT2D eigenvalue weighted by molar-refractivity contribution is 7.91. The monoisotopic (exact) mass is 363 g/mol. The van der Waals surface area contributed by atoms with Crippen LogP contribution in [0.4, 0.5) is 13.2 Å². The Morgan fingerprint density at radius 3 is 2.42 bits per heavy atom. The fourth-order valence-electron chi connectivity index (χ4n) is 2.33. The number of hydrogen-bond acceptors (Lipinski definition) is 4. The molecular weight excluding hydrogens is 347 g/mol.